The number of rotatable bonds is 6. The summed E-state index contributed by atoms with van der Waals surface area (Å²) in [5, 5.41) is 3.50. The van der Waals surface area contributed by atoms with Gasteiger partial charge in [-0.05, 0) is 49.6 Å². The van der Waals surface area contributed by atoms with E-state index < -0.39 is 0 Å². The van der Waals surface area contributed by atoms with Crippen molar-refractivity contribution >= 4 is 15.9 Å². The molecule has 1 aromatic carbocycles. The summed E-state index contributed by atoms with van der Waals surface area (Å²) in [5.41, 5.74) is 3.17. The molecule has 0 unspecified atom stereocenters. The molecule has 2 aromatic rings. The minimum Gasteiger partial charge on any atom is -0.487 e. The summed E-state index contributed by atoms with van der Waals surface area (Å²) in [6, 6.07) is 12.9. The van der Waals surface area contributed by atoms with Gasteiger partial charge in [0.2, 0.25) is 0 Å². The lowest BCUT2D eigenvalue weighted by Gasteiger charge is -2.12. The number of ether oxygens (including phenoxy) is 1. The summed E-state index contributed by atoms with van der Waals surface area (Å²) >= 11 is 3.48. The fraction of sp³-hybridized carbons (Fsp3) is 0.353. The SMILES string of the molecule is Cc1ccc(OCc2cccc(Br)c2)c(CNC2CC2)n1. The number of hydrogen-bond acceptors (Lipinski definition) is 3. The number of nitrogens with zero attached hydrogens (tertiary/aromatic N) is 1. The van der Waals surface area contributed by atoms with E-state index in [-0.39, 0.29) is 0 Å². The third-order valence-corrected chi connectivity index (χ3v) is 3.98. The van der Waals surface area contributed by atoms with Crippen LogP contribution in [-0.2, 0) is 13.2 Å². The van der Waals surface area contributed by atoms with Gasteiger partial charge in [-0.3, -0.25) is 4.98 Å². The maximum atomic E-state index is 5.96. The Bertz CT molecular complexity index is 626. The molecule has 1 aliphatic carbocycles. The first-order valence-corrected chi connectivity index (χ1v) is 8.07. The van der Waals surface area contributed by atoms with Gasteiger partial charge in [-0.1, -0.05) is 28.1 Å². The van der Waals surface area contributed by atoms with Crippen molar-refractivity contribution < 1.29 is 4.74 Å². The minimum atomic E-state index is 0.556. The molecule has 0 spiro atoms. The molecule has 3 rings (SSSR count). The fourth-order valence-corrected chi connectivity index (χ4v) is 2.62. The smallest absolute Gasteiger partial charge is 0.142 e. The van der Waals surface area contributed by atoms with Crippen molar-refractivity contribution in [1.82, 2.24) is 10.3 Å². The lowest BCUT2D eigenvalue weighted by molar-refractivity contribution is 0.300. The molecule has 4 heteroatoms. The van der Waals surface area contributed by atoms with Crippen molar-refractivity contribution in [3.63, 3.8) is 0 Å². The van der Waals surface area contributed by atoms with Crippen LogP contribution in [0.3, 0.4) is 0 Å². The Labute approximate surface area is 133 Å². The molecule has 1 heterocycles. The molecule has 0 bridgehead atoms. The van der Waals surface area contributed by atoms with Gasteiger partial charge < -0.3 is 10.1 Å². The van der Waals surface area contributed by atoms with E-state index in [1.54, 1.807) is 0 Å². The van der Waals surface area contributed by atoms with Crippen LogP contribution in [0, 0.1) is 6.92 Å². The van der Waals surface area contributed by atoms with Crippen LogP contribution in [0.25, 0.3) is 0 Å². The first-order chi connectivity index (χ1) is 10.2. The fourth-order valence-electron chi connectivity index (χ4n) is 2.17. The first-order valence-electron chi connectivity index (χ1n) is 7.28. The molecular formula is C17H19BrN2O. The van der Waals surface area contributed by atoms with Crippen LogP contribution in [0.5, 0.6) is 5.75 Å². The van der Waals surface area contributed by atoms with Gasteiger partial charge >= 0.3 is 0 Å². The Morgan fingerprint density at radius 1 is 1.29 bits per heavy atom. The summed E-state index contributed by atoms with van der Waals surface area (Å²) < 4.78 is 7.03. The molecule has 1 aromatic heterocycles. The molecule has 0 radical (unpaired) electrons. The zero-order valence-electron chi connectivity index (χ0n) is 12.1. The Kier molecular flexibility index (Phi) is 4.56. The van der Waals surface area contributed by atoms with Crippen molar-refractivity contribution in [2.24, 2.45) is 0 Å². The number of hydrogen-bond donors (Lipinski definition) is 1. The molecule has 3 nitrogen and oxygen atoms in total. The van der Waals surface area contributed by atoms with Crippen LogP contribution in [-0.4, -0.2) is 11.0 Å². The topological polar surface area (TPSA) is 34.1 Å². The van der Waals surface area contributed by atoms with Crippen LogP contribution in [0.4, 0.5) is 0 Å². The van der Waals surface area contributed by atoms with Crippen molar-refractivity contribution in [3.8, 4) is 5.75 Å². The maximum absolute atomic E-state index is 5.96. The molecule has 21 heavy (non-hydrogen) atoms. The molecule has 0 amide bonds. The number of benzene rings is 1. The molecule has 1 N–H and O–H groups in total. The van der Waals surface area contributed by atoms with Crippen LogP contribution in [0.1, 0.15) is 29.8 Å². The Morgan fingerprint density at radius 2 is 2.14 bits per heavy atom. The average molecular weight is 347 g/mol. The van der Waals surface area contributed by atoms with E-state index in [9.17, 15) is 0 Å². The zero-order valence-corrected chi connectivity index (χ0v) is 13.7. The number of aryl methyl sites for hydroxylation is 1. The van der Waals surface area contributed by atoms with Gasteiger partial charge in [0.25, 0.3) is 0 Å². The second-order valence-corrected chi connectivity index (χ2v) is 6.39. The van der Waals surface area contributed by atoms with E-state index in [4.69, 9.17) is 4.74 Å². The summed E-state index contributed by atoms with van der Waals surface area (Å²) in [4.78, 5) is 4.61. The van der Waals surface area contributed by atoms with Crippen LogP contribution < -0.4 is 10.1 Å². The highest BCUT2D eigenvalue weighted by molar-refractivity contribution is 9.10. The van der Waals surface area contributed by atoms with Gasteiger partial charge in [-0.2, -0.15) is 0 Å². The zero-order chi connectivity index (χ0) is 14.7. The van der Waals surface area contributed by atoms with Gasteiger partial charge in [-0.25, -0.2) is 0 Å². The molecular weight excluding hydrogens is 328 g/mol. The summed E-state index contributed by atoms with van der Waals surface area (Å²) in [6.07, 6.45) is 2.56. The lowest BCUT2D eigenvalue weighted by Crippen LogP contribution is -2.17. The molecule has 0 atom stereocenters. The van der Waals surface area contributed by atoms with Gasteiger partial charge in [0, 0.05) is 22.8 Å². The average Bonchev–Trinajstić information content (AvgIpc) is 3.28. The summed E-state index contributed by atoms with van der Waals surface area (Å²) in [6.45, 7) is 3.35. The van der Waals surface area contributed by atoms with Crippen molar-refractivity contribution in [1.29, 1.82) is 0 Å². The maximum Gasteiger partial charge on any atom is 0.142 e. The van der Waals surface area contributed by atoms with Gasteiger partial charge in [-0.15, -0.1) is 0 Å². The molecule has 1 fully saturated rings. The minimum absolute atomic E-state index is 0.556. The second kappa shape index (κ2) is 6.58. The Balaban J connectivity index is 1.68. The highest BCUT2D eigenvalue weighted by atomic mass is 79.9. The van der Waals surface area contributed by atoms with Gasteiger partial charge in [0.1, 0.15) is 12.4 Å². The Hall–Kier alpha value is -1.39. The number of pyridine rings is 1. The third-order valence-electron chi connectivity index (χ3n) is 3.49. The van der Waals surface area contributed by atoms with Crippen molar-refractivity contribution in [2.45, 2.75) is 39.0 Å². The predicted molar refractivity (Wildman–Crippen MR) is 87.3 cm³/mol. The van der Waals surface area contributed by atoms with E-state index in [0.29, 0.717) is 12.6 Å². The molecule has 1 saturated carbocycles. The number of aromatic nitrogens is 1. The van der Waals surface area contributed by atoms with E-state index in [0.717, 1.165) is 33.7 Å². The van der Waals surface area contributed by atoms with Crippen LogP contribution >= 0.6 is 15.9 Å². The normalized spacial score (nSPS) is 14.2. The molecule has 0 aliphatic heterocycles. The molecule has 0 saturated heterocycles. The monoisotopic (exact) mass is 346 g/mol. The quantitative estimate of drug-likeness (QED) is 0.858. The van der Waals surface area contributed by atoms with E-state index >= 15 is 0 Å². The molecule has 1 aliphatic rings. The second-order valence-electron chi connectivity index (χ2n) is 5.47. The highest BCUT2D eigenvalue weighted by Crippen LogP contribution is 2.23. The van der Waals surface area contributed by atoms with E-state index in [2.05, 4.69) is 38.4 Å². The largest absolute Gasteiger partial charge is 0.487 e. The number of nitrogens with one attached hydrogen (secondary N) is 1. The highest BCUT2D eigenvalue weighted by Gasteiger charge is 2.21. The predicted octanol–water partition coefficient (Wildman–Crippen LogP) is 3.98. The summed E-state index contributed by atoms with van der Waals surface area (Å²) in [7, 11) is 0. The van der Waals surface area contributed by atoms with Crippen LogP contribution in [0.15, 0.2) is 40.9 Å². The third kappa shape index (κ3) is 4.29. The number of halogens is 1. The van der Waals surface area contributed by atoms with E-state index in [1.165, 1.54) is 12.8 Å². The van der Waals surface area contributed by atoms with Gasteiger partial charge in [0.15, 0.2) is 0 Å². The molecule has 110 valence electrons. The Morgan fingerprint density at radius 3 is 2.90 bits per heavy atom. The first kappa shape index (κ1) is 14.5. The van der Waals surface area contributed by atoms with Gasteiger partial charge in [0.05, 0.1) is 5.69 Å². The van der Waals surface area contributed by atoms with E-state index in [1.807, 2.05) is 31.2 Å². The van der Waals surface area contributed by atoms with Crippen molar-refractivity contribution in [3.05, 3.63) is 57.8 Å². The summed E-state index contributed by atoms with van der Waals surface area (Å²) in [5.74, 6) is 0.869. The van der Waals surface area contributed by atoms with Crippen LogP contribution in [0.2, 0.25) is 0 Å². The van der Waals surface area contributed by atoms with Crippen molar-refractivity contribution in [2.75, 3.05) is 0 Å². The lowest BCUT2D eigenvalue weighted by atomic mass is 10.2. The standard InChI is InChI=1S/C17H19BrN2O/c1-12-5-8-17(16(20-12)10-19-15-6-7-15)21-11-13-3-2-4-14(18)9-13/h2-5,8-9,15,19H,6-7,10-11H2,1H3.